The highest BCUT2D eigenvalue weighted by atomic mass is 16.3. The summed E-state index contributed by atoms with van der Waals surface area (Å²) in [6.07, 6.45) is 10.8. The smallest absolute Gasteiger partial charge is 0.136 e. The molecule has 22 heavy (non-hydrogen) atoms. The molecule has 0 amide bonds. The summed E-state index contributed by atoms with van der Waals surface area (Å²) in [4.78, 5) is 11.9. The SMILES string of the molecule is CC(C)=CCC/C(C)=C/CC[C@](C)(O)[C@@H]1CC[C@H](C)C(=O)C1. The minimum absolute atomic E-state index is 0.135. The van der Waals surface area contributed by atoms with Crippen LogP contribution in [0.2, 0.25) is 0 Å². The van der Waals surface area contributed by atoms with Crippen LogP contribution in [-0.2, 0) is 4.79 Å². The van der Waals surface area contributed by atoms with Crippen LogP contribution < -0.4 is 0 Å². The molecular weight excluding hydrogens is 272 g/mol. The summed E-state index contributed by atoms with van der Waals surface area (Å²) < 4.78 is 0. The number of carbonyl (C=O) groups is 1. The van der Waals surface area contributed by atoms with Gasteiger partial charge in [-0.1, -0.05) is 30.2 Å². The van der Waals surface area contributed by atoms with Crippen molar-refractivity contribution in [2.24, 2.45) is 11.8 Å². The highest BCUT2D eigenvalue weighted by Gasteiger charge is 2.36. The molecular formula is C20H34O2. The van der Waals surface area contributed by atoms with E-state index in [0.29, 0.717) is 12.2 Å². The number of ketones is 1. The van der Waals surface area contributed by atoms with E-state index in [-0.39, 0.29) is 11.8 Å². The number of aliphatic hydroxyl groups is 1. The van der Waals surface area contributed by atoms with Crippen molar-refractivity contribution >= 4 is 5.78 Å². The Labute approximate surface area is 136 Å². The average Bonchev–Trinajstić information content (AvgIpc) is 2.41. The molecule has 1 saturated carbocycles. The molecule has 0 spiro atoms. The van der Waals surface area contributed by atoms with Crippen LogP contribution in [0.25, 0.3) is 0 Å². The molecule has 126 valence electrons. The maximum Gasteiger partial charge on any atom is 0.136 e. The normalized spacial score (nSPS) is 25.7. The van der Waals surface area contributed by atoms with E-state index in [2.05, 4.69) is 32.9 Å². The maximum absolute atomic E-state index is 11.9. The molecule has 1 N–H and O–H groups in total. The summed E-state index contributed by atoms with van der Waals surface area (Å²) in [6, 6.07) is 0. The lowest BCUT2D eigenvalue weighted by Gasteiger charge is -2.36. The van der Waals surface area contributed by atoms with E-state index in [0.717, 1.165) is 38.5 Å². The van der Waals surface area contributed by atoms with Crippen molar-refractivity contribution in [1.29, 1.82) is 0 Å². The summed E-state index contributed by atoms with van der Waals surface area (Å²) in [5.74, 6) is 0.643. The van der Waals surface area contributed by atoms with Crippen molar-refractivity contribution in [2.45, 2.75) is 85.2 Å². The molecule has 0 aliphatic heterocycles. The minimum Gasteiger partial charge on any atom is -0.390 e. The van der Waals surface area contributed by atoms with Crippen molar-refractivity contribution in [3.8, 4) is 0 Å². The van der Waals surface area contributed by atoms with Crippen molar-refractivity contribution in [3.63, 3.8) is 0 Å². The fourth-order valence-electron chi connectivity index (χ4n) is 3.19. The topological polar surface area (TPSA) is 37.3 Å². The Kier molecular flexibility index (Phi) is 7.55. The second-order valence-corrected chi connectivity index (χ2v) is 7.61. The first kappa shape index (κ1) is 19.2. The second-order valence-electron chi connectivity index (χ2n) is 7.61. The third-order valence-electron chi connectivity index (χ3n) is 5.06. The lowest BCUT2D eigenvalue weighted by atomic mass is 9.72. The Hall–Kier alpha value is -0.890. The van der Waals surface area contributed by atoms with Crippen LogP contribution in [0.15, 0.2) is 23.3 Å². The molecule has 3 atom stereocenters. The van der Waals surface area contributed by atoms with Crippen molar-refractivity contribution in [1.82, 2.24) is 0 Å². The summed E-state index contributed by atoms with van der Waals surface area (Å²) >= 11 is 0. The molecule has 0 unspecified atom stereocenters. The van der Waals surface area contributed by atoms with Gasteiger partial charge in [-0.2, -0.15) is 0 Å². The predicted molar refractivity (Wildman–Crippen MR) is 93.8 cm³/mol. The lowest BCUT2D eigenvalue weighted by Crippen LogP contribution is -2.39. The molecule has 0 radical (unpaired) electrons. The maximum atomic E-state index is 11.9. The molecule has 0 aromatic heterocycles. The van der Waals surface area contributed by atoms with Gasteiger partial charge in [0.25, 0.3) is 0 Å². The fraction of sp³-hybridized carbons (Fsp3) is 0.750. The van der Waals surface area contributed by atoms with Crippen LogP contribution in [-0.4, -0.2) is 16.5 Å². The first-order valence-electron chi connectivity index (χ1n) is 8.76. The van der Waals surface area contributed by atoms with Gasteiger partial charge in [0.1, 0.15) is 5.78 Å². The Morgan fingerprint density at radius 3 is 2.50 bits per heavy atom. The highest BCUT2D eigenvalue weighted by molar-refractivity contribution is 5.81. The molecule has 2 nitrogen and oxygen atoms in total. The van der Waals surface area contributed by atoms with Crippen LogP contribution in [0.3, 0.4) is 0 Å². The number of carbonyl (C=O) groups excluding carboxylic acids is 1. The fourth-order valence-corrected chi connectivity index (χ4v) is 3.19. The van der Waals surface area contributed by atoms with E-state index in [9.17, 15) is 9.90 Å². The molecule has 1 aliphatic rings. The number of Topliss-reactive ketones (excluding diaryl/α,β-unsaturated/α-hetero) is 1. The average molecular weight is 306 g/mol. The van der Waals surface area contributed by atoms with Crippen LogP contribution in [0.4, 0.5) is 0 Å². The van der Waals surface area contributed by atoms with Crippen LogP contribution in [0, 0.1) is 11.8 Å². The zero-order valence-corrected chi connectivity index (χ0v) is 15.1. The molecule has 2 heteroatoms. The van der Waals surface area contributed by atoms with Gasteiger partial charge in [0.15, 0.2) is 0 Å². The summed E-state index contributed by atoms with van der Waals surface area (Å²) in [5, 5.41) is 10.7. The monoisotopic (exact) mass is 306 g/mol. The van der Waals surface area contributed by atoms with Gasteiger partial charge >= 0.3 is 0 Å². The van der Waals surface area contributed by atoms with Crippen LogP contribution in [0.5, 0.6) is 0 Å². The predicted octanol–water partition coefficient (Wildman–Crippen LogP) is 5.22. The third-order valence-corrected chi connectivity index (χ3v) is 5.06. The van der Waals surface area contributed by atoms with Gasteiger partial charge in [-0.25, -0.2) is 0 Å². The molecule has 0 saturated heterocycles. The molecule has 0 aromatic rings. The van der Waals surface area contributed by atoms with Crippen LogP contribution in [0.1, 0.15) is 79.6 Å². The summed E-state index contributed by atoms with van der Waals surface area (Å²) in [5.41, 5.74) is 2.04. The molecule has 1 rings (SSSR count). The largest absolute Gasteiger partial charge is 0.390 e. The Morgan fingerprint density at radius 2 is 1.91 bits per heavy atom. The quantitative estimate of drug-likeness (QED) is 0.655. The van der Waals surface area contributed by atoms with E-state index < -0.39 is 5.60 Å². The molecule has 0 bridgehead atoms. The number of rotatable bonds is 7. The van der Waals surface area contributed by atoms with Gasteiger partial charge in [0.2, 0.25) is 0 Å². The molecule has 0 heterocycles. The first-order valence-corrected chi connectivity index (χ1v) is 8.76. The Balaban J connectivity index is 2.41. The van der Waals surface area contributed by atoms with E-state index in [1.807, 2.05) is 13.8 Å². The number of hydrogen-bond acceptors (Lipinski definition) is 2. The summed E-state index contributed by atoms with van der Waals surface area (Å²) in [7, 11) is 0. The van der Waals surface area contributed by atoms with E-state index in [4.69, 9.17) is 0 Å². The van der Waals surface area contributed by atoms with E-state index in [1.54, 1.807) is 0 Å². The molecule has 1 fully saturated rings. The van der Waals surface area contributed by atoms with Gasteiger partial charge in [-0.15, -0.1) is 0 Å². The molecule has 0 aromatic carbocycles. The van der Waals surface area contributed by atoms with Crippen LogP contribution >= 0.6 is 0 Å². The van der Waals surface area contributed by atoms with Gasteiger partial charge in [-0.3, -0.25) is 4.79 Å². The third kappa shape index (κ3) is 6.48. The van der Waals surface area contributed by atoms with Gasteiger partial charge in [0, 0.05) is 12.3 Å². The van der Waals surface area contributed by atoms with E-state index in [1.165, 1.54) is 11.1 Å². The van der Waals surface area contributed by atoms with Gasteiger partial charge in [0.05, 0.1) is 5.60 Å². The first-order chi connectivity index (χ1) is 10.2. The Bertz CT molecular complexity index is 425. The van der Waals surface area contributed by atoms with E-state index >= 15 is 0 Å². The van der Waals surface area contributed by atoms with Gasteiger partial charge in [-0.05, 0) is 72.1 Å². The van der Waals surface area contributed by atoms with Crippen molar-refractivity contribution in [2.75, 3.05) is 0 Å². The lowest BCUT2D eigenvalue weighted by molar-refractivity contribution is -0.130. The molecule has 1 aliphatic carbocycles. The zero-order chi connectivity index (χ0) is 16.8. The Morgan fingerprint density at radius 1 is 1.23 bits per heavy atom. The van der Waals surface area contributed by atoms with Crippen molar-refractivity contribution in [3.05, 3.63) is 23.3 Å². The zero-order valence-electron chi connectivity index (χ0n) is 15.1. The minimum atomic E-state index is -0.716. The van der Waals surface area contributed by atoms with Gasteiger partial charge < -0.3 is 5.11 Å². The van der Waals surface area contributed by atoms with Crippen molar-refractivity contribution < 1.29 is 9.90 Å². The second kappa shape index (κ2) is 8.67. The highest BCUT2D eigenvalue weighted by Crippen LogP contribution is 2.36. The summed E-state index contributed by atoms with van der Waals surface area (Å²) in [6.45, 7) is 10.3. The number of hydrogen-bond donors (Lipinski definition) is 1. The number of allylic oxidation sites excluding steroid dienone is 4. The standard InChI is InChI=1S/C20H34O2/c1-15(2)8-6-9-16(3)10-7-13-20(5,22)18-12-11-17(4)19(21)14-18/h8,10,17-18,22H,6-7,9,11-14H2,1-5H3/b16-10+/t17-,18+,20-/m0/s1.